The summed E-state index contributed by atoms with van der Waals surface area (Å²) < 4.78 is 7.38. The number of amides is 1. The van der Waals surface area contributed by atoms with Crippen molar-refractivity contribution in [3.8, 4) is 5.75 Å². The number of anilines is 1. The molecule has 0 bridgehead atoms. The molecule has 2 aromatic rings. The van der Waals surface area contributed by atoms with Gasteiger partial charge in [-0.3, -0.25) is 4.79 Å². The van der Waals surface area contributed by atoms with Crippen molar-refractivity contribution in [2.24, 2.45) is 5.73 Å². The highest BCUT2D eigenvalue weighted by molar-refractivity contribution is 5.98. The second kappa shape index (κ2) is 6.78. The van der Waals surface area contributed by atoms with E-state index in [0.29, 0.717) is 24.6 Å². The van der Waals surface area contributed by atoms with Crippen LogP contribution in [0.3, 0.4) is 0 Å². The van der Waals surface area contributed by atoms with Crippen LogP contribution in [0.1, 0.15) is 25.7 Å². The van der Waals surface area contributed by atoms with Crippen LogP contribution in [0.25, 0.3) is 0 Å². The fourth-order valence-electron chi connectivity index (χ4n) is 2.76. The molecule has 0 saturated heterocycles. The van der Waals surface area contributed by atoms with E-state index in [1.165, 1.54) is 6.33 Å². The molecule has 0 unspecified atom stereocenters. The Bertz CT molecular complexity index is 650. The number of hydrogen-bond acceptors (Lipinski definition) is 5. The van der Waals surface area contributed by atoms with E-state index in [0.717, 1.165) is 25.7 Å². The summed E-state index contributed by atoms with van der Waals surface area (Å²) in [4.78, 5) is 16.2. The molecule has 0 atom stereocenters. The van der Waals surface area contributed by atoms with E-state index in [4.69, 9.17) is 10.5 Å². The molecule has 3 N–H and O–H groups in total. The molecule has 0 aliphatic heterocycles. The molecular weight excluding hydrogens is 294 g/mol. The summed E-state index contributed by atoms with van der Waals surface area (Å²) in [5.74, 6) is 0.579. The maximum Gasteiger partial charge on any atom is 0.244 e. The van der Waals surface area contributed by atoms with E-state index in [-0.39, 0.29) is 5.91 Å². The lowest BCUT2D eigenvalue weighted by molar-refractivity contribution is -0.121. The number of nitrogens with two attached hydrogens (primary N) is 1. The third-order valence-corrected chi connectivity index (χ3v) is 4.10. The van der Waals surface area contributed by atoms with Crippen molar-refractivity contribution in [1.82, 2.24) is 14.8 Å². The number of hydrogen-bond donors (Lipinski definition) is 2. The van der Waals surface area contributed by atoms with E-state index in [1.54, 1.807) is 17.1 Å². The van der Waals surface area contributed by atoms with Crippen LogP contribution in [0.4, 0.5) is 5.69 Å². The van der Waals surface area contributed by atoms with Gasteiger partial charge in [-0.25, -0.2) is 9.67 Å². The third-order valence-electron chi connectivity index (χ3n) is 4.10. The highest BCUT2D eigenvalue weighted by Crippen LogP contribution is 2.28. The molecular formula is C16H21N5O2. The highest BCUT2D eigenvalue weighted by atomic mass is 16.5. The molecule has 1 aliphatic carbocycles. The van der Waals surface area contributed by atoms with Crippen LogP contribution in [0.5, 0.6) is 5.75 Å². The quantitative estimate of drug-likeness (QED) is 0.843. The van der Waals surface area contributed by atoms with E-state index >= 15 is 0 Å². The van der Waals surface area contributed by atoms with Crippen molar-refractivity contribution in [2.75, 3.05) is 11.9 Å². The van der Waals surface area contributed by atoms with Gasteiger partial charge in [0.15, 0.2) is 0 Å². The number of rotatable bonds is 6. The van der Waals surface area contributed by atoms with Gasteiger partial charge in [0.25, 0.3) is 0 Å². The van der Waals surface area contributed by atoms with Gasteiger partial charge in [0.1, 0.15) is 25.0 Å². The minimum Gasteiger partial charge on any atom is -0.492 e. The van der Waals surface area contributed by atoms with Gasteiger partial charge >= 0.3 is 0 Å². The molecule has 7 heteroatoms. The first-order valence-electron chi connectivity index (χ1n) is 7.81. The second-order valence-electron chi connectivity index (χ2n) is 5.85. The van der Waals surface area contributed by atoms with E-state index < -0.39 is 5.54 Å². The largest absolute Gasteiger partial charge is 0.492 e. The van der Waals surface area contributed by atoms with Gasteiger partial charge in [-0.1, -0.05) is 18.9 Å². The minimum atomic E-state index is -0.732. The van der Waals surface area contributed by atoms with Gasteiger partial charge in [0.05, 0.1) is 12.1 Å². The Morgan fingerprint density at radius 3 is 2.96 bits per heavy atom. The molecule has 7 nitrogen and oxygen atoms in total. The highest BCUT2D eigenvalue weighted by Gasteiger charge is 2.36. The summed E-state index contributed by atoms with van der Waals surface area (Å²) in [5.41, 5.74) is 6.13. The Balaban J connectivity index is 1.55. The molecule has 0 radical (unpaired) electrons. The zero-order valence-electron chi connectivity index (χ0n) is 12.9. The second-order valence-corrected chi connectivity index (χ2v) is 5.85. The van der Waals surface area contributed by atoms with Crippen LogP contribution >= 0.6 is 0 Å². The van der Waals surface area contributed by atoms with Crippen molar-refractivity contribution in [2.45, 2.75) is 37.8 Å². The first-order chi connectivity index (χ1) is 11.2. The predicted molar refractivity (Wildman–Crippen MR) is 86.0 cm³/mol. The van der Waals surface area contributed by atoms with Crippen LogP contribution in [0, 0.1) is 0 Å². The van der Waals surface area contributed by atoms with Crippen LogP contribution in [0.2, 0.25) is 0 Å². The lowest BCUT2D eigenvalue weighted by Crippen LogP contribution is -2.48. The van der Waals surface area contributed by atoms with Gasteiger partial charge in [0, 0.05) is 11.8 Å². The summed E-state index contributed by atoms with van der Waals surface area (Å²) in [6.45, 7) is 1.09. The first kappa shape index (κ1) is 15.5. The average Bonchev–Trinajstić information content (AvgIpc) is 3.20. The van der Waals surface area contributed by atoms with Crippen LogP contribution in [-0.2, 0) is 11.3 Å². The Morgan fingerprint density at radius 2 is 2.22 bits per heavy atom. The van der Waals surface area contributed by atoms with Crippen molar-refractivity contribution in [1.29, 1.82) is 0 Å². The zero-order valence-corrected chi connectivity index (χ0v) is 12.9. The van der Waals surface area contributed by atoms with E-state index in [9.17, 15) is 4.79 Å². The summed E-state index contributed by atoms with van der Waals surface area (Å²) >= 11 is 0. The molecule has 1 aromatic heterocycles. The Kier molecular flexibility index (Phi) is 4.57. The number of nitrogens with zero attached hydrogens (tertiary/aromatic N) is 3. The molecule has 1 aromatic carbocycles. The molecule has 1 saturated carbocycles. The normalized spacial score (nSPS) is 16.2. The number of ether oxygens (including phenoxy) is 1. The molecule has 3 rings (SSSR count). The zero-order chi connectivity index (χ0) is 16.1. The minimum absolute atomic E-state index is 0.116. The van der Waals surface area contributed by atoms with Crippen LogP contribution < -0.4 is 15.8 Å². The summed E-state index contributed by atoms with van der Waals surface area (Å²) in [6.07, 6.45) is 6.63. The molecule has 122 valence electrons. The Morgan fingerprint density at radius 1 is 1.39 bits per heavy atom. The van der Waals surface area contributed by atoms with Crippen molar-refractivity contribution in [3.63, 3.8) is 0 Å². The van der Waals surface area contributed by atoms with Crippen molar-refractivity contribution < 1.29 is 9.53 Å². The standard InChI is InChI=1S/C16H21N5O2/c17-16(6-1-2-7-16)15(22)20-13-4-3-5-14(10-13)23-9-8-21-12-18-11-19-21/h3-5,10-12H,1-2,6-9,17H2,(H,20,22). The number of nitrogens with one attached hydrogen (secondary N) is 1. The van der Waals surface area contributed by atoms with Crippen molar-refractivity contribution in [3.05, 3.63) is 36.9 Å². The molecule has 1 heterocycles. The van der Waals surface area contributed by atoms with Gasteiger partial charge < -0.3 is 15.8 Å². The third kappa shape index (κ3) is 3.87. The molecule has 23 heavy (non-hydrogen) atoms. The molecule has 1 amide bonds. The van der Waals surface area contributed by atoms with E-state index in [1.807, 2.05) is 18.2 Å². The average molecular weight is 315 g/mol. The number of carbonyl (C=O) groups is 1. The van der Waals surface area contributed by atoms with Gasteiger partial charge in [0.2, 0.25) is 5.91 Å². The predicted octanol–water partition coefficient (Wildman–Crippen LogP) is 1.57. The lowest BCUT2D eigenvalue weighted by Gasteiger charge is -2.22. The number of aromatic nitrogens is 3. The molecule has 1 fully saturated rings. The molecule has 1 aliphatic rings. The van der Waals surface area contributed by atoms with Crippen LogP contribution in [-0.4, -0.2) is 32.8 Å². The Labute approximate surface area is 134 Å². The SMILES string of the molecule is NC1(C(=O)Nc2cccc(OCCn3cncn3)c2)CCCC1. The number of carbonyl (C=O) groups excluding carboxylic acids is 1. The van der Waals surface area contributed by atoms with Crippen molar-refractivity contribution >= 4 is 11.6 Å². The maximum atomic E-state index is 12.3. The summed E-state index contributed by atoms with van der Waals surface area (Å²) in [5, 5.41) is 6.91. The fourth-order valence-corrected chi connectivity index (χ4v) is 2.76. The van der Waals surface area contributed by atoms with E-state index in [2.05, 4.69) is 15.4 Å². The maximum absolute atomic E-state index is 12.3. The number of benzene rings is 1. The Hall–Kier alpha value is -2.41. The van der Waals surface area contributed by atoms with Crippen LogP contribution in [0.15, 0.2) is 36.9 Å². The summed E-state index contributed by atoms with van der Waals surface area (Å²) in [7, 11) is 0. The first-order valence-corrected chi connectivity index (χ1v) is 7.81. The fraction of sp³-hybridized carbons (Fsp3) is 0.438. The monoisotopic (exact) mass is 315 g/mol. The summed E-state index contributed by atoms with van der Waals surface area (Å²) in [6, 6.07) is 7.33. The lowest BCUT2D eigenvalue weighted by atomic mass is 9.98. The van der Waals surface area contributed by atoms with Gasteiger partial charge in [-0.15, -0.1) is 0 Å². The smallest absolute Gasteiger partial charge is 0.244 e. The molecule has 0 spiro atoms. The van der Waals surface area contributed by atoms with Gasteiger partial charge in [-0.2, -0.15) is 5.10 Å². The topological polar surface area (TPSA) is 95.1 Å². The van der Waals surface area contributed by atoms with Gasteiger partial charge in [-0.05, 0) is 25.0 Å².